The standard InChI is InChI=1S/C15H23N3O/c1-12-9-18(10-13-7-5-4-6-8-13)15(19)14(16-12)11-17(2)3/h4-8,12,14,16H,9-11H2,1-3H3. The van der Waals surface area contributed by atoms with Gasteiger partial charge in [-0.3, -0.25) is 4.79 Å². The molecule has 0 aliphatic carbocycles. The fraction of sp³-hybridized carbons (Fsp3) is 0.533. The second-order valence-electron chi connectivity index (χ2n) is 5.59. The number of benzene rings is 1. The van der Waals surface area contributed by atoms with Crippen molar-refractivity contribution in [2.24, 2.45) is 0 Å². The van der Waals surface area contributed by atoms with Gasteiger partial charge in [0.25, 0.3) is 0 Å². The van der Waals surface area contributed by atoms with Crippen LogP contribution < -0.4 is 5.32 Å². The first kappa shape index (κ1) is 14.0. The van der Waals surface area contributed by atoms with Gasteiger partial charge in [0.2, 0.25) is 5.91 Å². The van der Waals surface area contributed by atoms with E-state index in [0.717, 1.165) is 13.1 Å². The summed E-state index contributed by atoms with van der Waals surface area (Å²) in [4.78, 5) is 16.5. The molecular weight excluding hydrogens is 238 g/mol. The van der Waals surface area contributed by atoms with Crippen molar-refractivity contribution in [1.29, 1.82) is 0 Å². The third-order valence-electron chi connectivity index (χ3n) is 3.35. The van der Waals surface area contributed by atoms with Gasteiger partial charge >= 0.3 is 0 Å². The maximum absolute atomic E-state index is 12.4. The molecule has 1 aromatic carbocycles. The number of hydrogen-bond donors (Lipinski definition) is 1. The van der Waals surface area contributed by atoms with E-state index in [9.17, 15) is 4.79 Å². The number of carbonyl (C=O) groups excluding carboxylic acids is 1. The van der Waals surface area contributed by atoms with Gasteiger partial charge in [0, 0.05) is 25.7 Å². The van der Waals surface area contributed by atoms with Gasteiger partial charge < -0.3 is 15.1 Å². The maximum Gasteiger partial charge on any atom is 0.241 e. The van der Waals surface area contributed by atoms with E-state index in [1.54, 1.807) is 0 Å². The Kier molecular flexibility index (Phi) is 4.56. The molecule has 0 radical (unpaired) electrons. The van der Waals surface area contributed by atoms with E-state index in [4.69, 9.17) is 0 Å². The van der Waals surface area contributed by atoms with Crippen LogP contribution in [0.3, 0.4) is 0 Å². The molecular formula is C15H23N3O. The van der Waals surface area contributed by atoms with E-state index in [1.165, 1.54) is 5.56 Å². The van der Waals surface area contributed by atoms with E-state index in [0.29, 0.717) is 12.6 Å². The predicted octanol–water partition coefficient (Wildman–Crippen LogP) is 0.937. The molecule has 1 N–H and O–H groups in total. The SMILES string of the molecule is CC1CN(Cc2ccccc2)C(=O)C(CN(C)C)N1. The van der Waals surface area contributed by atoms with Gasteiger partial charge in [0.15, 0.2) is 0 Å². The fourth-order valence-electron chi connectivity index (χ4n) is 2.55. The molecule has 0 bridgehead atoms. The van der Waals surface area contributed by atoms with E-state index in [2.05, 4.69) is 24.4 Å². The van der Waals surface area contributed by atoms with Crippen LogP contribution in [0.15, 0.2) is 30.3 Å². The van der Waals surface area contributed by atoms with Gasteiger partial charge in [-0.1, -0.05) is 30.3 Å². The number of carbonyl (C=O) groups is 1. The Hall–Kier alpha value is -1.39. The zero-order chi connectivity index (χ0) is 13.8. The second-order valence-corrected chi connectivity index (χ2v) is 5.59. The quantitative estimate of drug-likeness (QED) is 0.876. The number of piperazine rings is 1. The lowest BCUT2D eigenvalue weighted by molar-refractivity contribution is -0.137. The average molecular weight is 261 g/mol. The van der Waals surface area contributed by atoms with Gasteiger partial charge in [-0.2, -0.15) is 0 Å². The third-order valence-corrected chi connectivity index (χ3v) is 3.35. The minimum absolute atomic E-state index is 0.0949. The first-order valence-corrected chi connectivity index (χ1v) is 6.79. The highest BCUT2D eigenvalue weighted by Crippen LogP contribution is 2.12. The summed E-state index contributed by atoms with van der Waals surface area (Å²) in [7, 11) is 3.99. The molecule has 104 valence electrons. The maximum atomic E-state index is 12.4. The van der Waals surface area contributed by atoms with Crippen molar-refractivity contribution < 1.29 is 4.79 Å². The minimum Gasteiger partial charge on any atom is -0.335 e. The van der Waals surface area contributed by atoms with E-state index < -0.39 is 0 Å². The van der Waals surface area contributed by atoms with Crippen LogP contribution in [-0.4, -0.2) is 55.0 Å². The van der Waals surface area contributed by atoms with E-state index in [1.807, 2.05) is 42.1 Å². The first-order chi connectivity index (χ1) is 9.06. The van der Waals surface area contributed by atoms with Crippen LogP contribution in [0.4, 0.5) is 0 Å². The largest absolute Gasteiger partial charge is 0.335 e. The van der Waals surface area contributed by atoms with Gasteiger partial charge in [-0.05, 0) is 26.6 Å². The van der Waals surface area contributed by atoms with Gasteiger partial charge in [0.1, 0.15) is 0 Å². The number of hydrogen-bond acceptors (Lipinski definition) is 3. The number of rotatable bonds is 4. The van der Waals surface area contributed by atoms with Gasteiger partial charge in [0.05, 0.1) is 6.04 Å². The molecule has 0 saturated carbocycles. The smallest absolute Gasteiger partial charge is 0.241 e. The molecule has 19 heavy (non-hydrogen) atoms. The summed E-state index contributed by atoms with van der Waals surface area (Å²) in [6.45, 7) is 4.36. The Morgan fingerprint density at radius 2 is 2.00 bits per heavy atom. The summed E-state index contributed by atoms with van der Waals surface area (Å²) in [5, 5.41) is 3.38. The summed E-state index contributed by atoms with van der Waals surface area (Å²) in [6, 6.07) is 10.4. The minimum atomic E-state index is -0.0949. The molecule has 2 unspecified atom stereocenters. The first-order valence-electron chi connectivity index (χ1n) is 6.79. The molecule has 0 aromatic heterocycles. The zero-order valence-electron chi connectivity index (χ0n) is 12.0. The third kappa shape index (κ3) is 3.78. The fourth-order valence-corrected chi connectivity index (χ4v) is 2.55. The highest BCUT2D eigenvalue weighted by molar-refractivity contribution is 5.83. The molecule has 1 amide bonds. The summed E-state index contributed by atoms with van der Waals surface area (Å²) in [6.07, 6.45) is 0. The number of likely N-dealkylation sites (N-methyl/N-ethyl adjacent to an activating group) is 1. The number of amides is 1. The van der Waals surface area contributed by atoms with Crippen molar-refractivity contribution in [3.63, 3.8) is 0 Å². The summed E-state index contributed by atoms with van der Waals surface area (Å²) >= 11 is 0. The second kappa shape index (κ2) is 6.17. The van der Waals surface area contributed by atoms with Crippen molar-refractivity contribution in [3.8, 4) is 0 Å². The highest BCUT2D eigenvalue weighted by Gasteiger charge is 2.31. The molecule has 4 nitrogen and oxygen atoms in total. The van der Waals surface area contributed by atoms with Crippen molar-refractivity contribution in [1.82, 2.24) is 15.1 Å². The van der Waals surface area contributed by atoms with Crippen LogP contribution in [-0.2, 0) is 11.3 Å². The van der Waals surface area contributed by atoms with Crippen molar-refractivity contribution in [3.05, 3.63) is 35.9 Å². The Labute approximate surface area is 115 Å². The molecule has 1 fully saturated rings. The monoisotopic (exact) mass is 261 g/mol. The van der Waals surface area contributed by atoms with Gasteiger partial charge in [-0.15, -0.1) is 0 Å². The zero-order valence-corrected chi connectivity index (χ0v) is 12.0. The molecule has 2 rings (SSSR count). The van der Waals surface area contributed by atoms with E-state index in [-0.39, 0.29) is 11.9 Å². The summed E-state index contributed by atoms with van der Waals surface area (Å²) < 4.78 is 0. The Morgan fingerprint density at radius 3 is 2.63 bits per heavy atom. The lowest BCUT2D eigenvalue weighted by atomic mass is 10.1. The van der Waals surface area contributed by atoms with Gasteiger partial charge in [-0.25, -0.2) is 0 Å². The molecule has 2 atom stereocenters. The molecule has 0 spiro atoms. The highest BCUT2D eigenvalue weighted by atomic mass is 16.2. The van der Waals surface area contributed by atoms with Crippen LogP contribution in [0, 0.1) is 0 Å². The molecule has 1 aliphatic rings. The van der Waals surface area contributed by atoms with Crippen LogP contribution >= 0.6 is 0 Å². The Bertz CT molecular complexity index is 417. The lowest BCUT2D eigenvalue weighted by Crippen LogP contribution is -2.61. The van der Waals surface area contributed by atoms with Crippen LogP contribution in [0.1, 0.15) is 12.5 Å². The topological polar surface area (TPSA) is 35.6 Å². The molecule has 1 aliphatic heterocycles. The molecule has 1 aromatic rings. The Balaban J connectivity index is 2.05. The van der Waals surface area contributed by atoms with Crippen molar-refractivity contribution in [2.75, 3.05) is 27.2 Å². The van der Waals surface area contributed by atoms with Crippen LogP contribution in [0.5, 0.6) is 0 Å². The number of nitrogens with zero attached hydrogens (tertiary/aromatic N) is 2. The van der Waals surface area contributed by atoms with Crippen molar-refractivity contribution in [2.45, 2.75) is 25.6 Å². The average Bonchev–Trinajstić information content (AvgIpc) is 2.35. The Morgan fingerprint density at radius 1 is 1.32 bits per heavy atom. The lowest BCUT2D eigenvalue weighted by Gasteiger charge is -2.38. The van der Waals surface area contributed by atoms with E-state index >= 15 is 0 Å². The summed E-state index contributed by atoms with van der Waals surface area (Å²) in [5.74, 6) is 0.204. The summed E-state index contributed by atoms with van der Waals surface area (Å²) in [5.41, 5.74) is 1.19. The molecule has 1 saturated heterocycles. The normalized spacial score (nSPS) is 24.0. The van der Waals surface area contributed by atoms with Crippen LogP contribution in [0.25, 0.3) is 0 Å². The van der Waals surface area contributed by atoms with Crippen LogP contribution in [0.2, 0.25) is 0 Å². The molecule has 4 heteroatoms. The van der Waals surface area contributed by atoms with Crippen molar-refractivity contribution >= 4 is 5.91 Å². The predicted molar refractivity (Wildman–Crippen MR) is 76.8 cm³/mol. The number of nitrogens with one attached hydrogen (secondary N) is 1. The molecule has 1 heterocycles.